The first-order valence-corrected chi connectivity index (χ1v) is 5.66. The average molecular weight is 265 g/mol. The Morgan fingerprint density at radius 2 is 2.00 bits per heavy atom. The molecule has 2 heterocycles. The van der Waals surface area contributed by atoms with Crippen LogP contribution >= 0.6 is 11.6 Å². The highest BCUT2D eigenvalue weighted by atomic mass is 35.5. The standard InChI is InChI=1S/C12H9ClN2O3/c13-7-5-9-8(14-12(17)15-9)4-6(7)11(16)10-2-1-3-18-10/h1-5,11,16H,(H2,14,15,17). The Kier molecular flexibility index (Phi) is 2.50. The van der Waals surface area contributed by atoms with Gasteiger partial charge in [0.15, 0.2) is 0 Å². The van der Waals surface area contributed by atoms with Gasteiger partial charge in [-0.15, -0.1) is 0 Å². The van der Waals surface area contributed by atoms with Crippen molar-refractivity contribution in [3.05, 3.63) is 57.4 Å². The summed E-state index contributed by atoms with van der Waals surface area (Å²) in [6.07, 6.45) is 0.513. The summed E-state index contributed by atoms with van der Waals surface area (Å²) < 4.78 is 5.13. The third-order valence-electron chi connectivity index (χ3n) is 2.74. The topological polar surface area (TPSA) is 82.0 Å². The van der Waals surface area contributed by atoms with Crippen LogP contribution in [0.5, 0.6) is 0 Å². The molecule has 0 aliphatic carbocycles. The van der Waals surface area contributed by atoms with Gasteiger partial charge in [0.25, 0.3) is 0 Å². The smallest absolute Gasteiger partial charge is 0.323 e. The molecule has 3 rings (SSSR count). The molecule has 18 heavy (non-hydrogen) atoms. The molecule has 3 aromatic rings. The lowest BCUT2D eigenvalue weighted by molar-refractivity contribution is 0.189. The van der Waals surface area contributed by atoms with Gasteiger partial charge < -0.3 is 19.5 Å². The average Bonchev–Trinajstić information content (AvgIpc) is 2.94. The molecule has 0 fully saturated rings. The second kappa shape index (κ2) is 4.04. The summed E-state index contributed by atoms with van der Waals surface area (Å²) in [6, 6.07) is 6.56. The van der Waals surface area contributed by atoms with Gasteiger partial charge in [0, 0.05) is 10.6 Å². The number of rotatable bonds is 2. The van der Waals surface area contributed by atoms with Crippen molar-refractivity contribution in [1.29, 1.82) is 0 Å². The maximum atomic E-state index is 11.2. The predicted octanol–water partition coefficient (Wildman–Crippen LogP) is 2.18. The minimum atomic E-state index is -0.963. The third-order valence-corrected chi connectivity index (χ3v) is 3.07. The highest BCUT2D eigenvalue weighted by Gasteiger charge is 2.17. The van der Waals surface area contributed by atoms with E-state index in [4.69, 9.17) is 16.0 Å². The zero-order valence-corrected chi connectivity index (χ0v) is 9.86. The fourth-order valence-electron chi connectivity index (χ4n) is 1.88. The van der Waals surface area contributed by atoms with E-state index >= 15 is 0 Å². The number of aliphatic hydroxyl groups excluding tert-OH is 1. The molecule has 0 bridgehead atoms. The lowest BCUT2D eigenvalue weighted by Gasteiger charge is -2.10. The summed E-state index contributed by atoms with van der Waals surface area (Å²) in [5.74, 6) is 0.397. The molecule has 0 saturated heterocycles. The Hall–Kier alpha value is -1.98. The van der Waals surface area contributed by atoms with Crippen LogP contribution in [0.4, 0.5) is 0 Å². The van der Waals surface area contributed by atoms with Crippen molar-refractivity contribution < 1.29 is 9.52 Å². The van der Waals surface area contributed by atoms with E-state index in [-0.39, 0.29) is 5.69 Å². The number of benzene rings is 1. The van der Waals surface area contributed by atoms with Crippen molar-refractivity contribution in [2.24, 2.45) is 0 Å². The molecule has 0 spiro atoms. The number of aliphatic hydroxyl groups is 1. The molecule has 1 unspecified atom stereocenters. The molecule has 0 radical (unpaired) electrons. The van der Waals surface area contributed by atoms with Crippen LogP contribution in [0.1, 0.15) is 17.4 Å². The van der Waals surface area contributed by atoms with Gasteiger partial charge >= 0.3 is 5.69 Å². The summed E-state index contributed by atoms with van der Waals surface area (Å²) in [5.41, 5.74) is 1.35. The lowest BCUT2D eigenvalue weighted by Crippen LogP contribution is -1.99. The Morgan fingerprint density at radius 3 is 2.67 bits per heavy atom. The van der Waals surface area contributed by atoms with Crippen LogP contribution in [0, 0.1) is 0 Å². The van der Waals surface area contributed by atoms with Crippen molar-refractivity contribution in [2.75, 3.05) is 0 Å². The van der Waals surface area contributed by atoms with Crippen LogP contribution in [0.15, 0.2) is 39.7 Å². The summed E-state index contributed by atoms with van der Waals surface area (Å²) in [7, 11) is 0. The van der Waals surface area contributed by atoms with Gasteiger partial charge in [-0.3, -0.25) is 0 Å². The molecule has 6 heteroatoms. The van der Waals surface area contributed by atoms with E-state index in [9.17, 15) is 9.90 Å². The SMILES string of the molecule is O=c1[nH]c2cc(Cl)c(C(O)c3ccco3)cc2[nH]1. The monoisotopic (exact) mass is 264 g/mol. The highest BCUT2D eigenvalue weighted by molar-refractivity contribution is 6.32. The molecule has 0 aliphatic rings. The molecular formula is C12H9ClN2O3. The number of hydrogen-bond donors (Lipinski definition) is 3. The zero-order chi connectivity index (χ0) is 12.7. The van der Waals surface area contributed by atoms with Gasteiger partial charge in [-0.25, -0.2) is 4.79 Å². The van der Waals surface area contributed by atoms with Gasteiger partial charge in [0.1, 0.15) is 11.9 Å². The van der Waals surface area contributed by atoms with Gasteiger partial charge in [0.05, 0.1) is 17.3 Å². The van der Waals surface area contributed by atoms with Crippen molar-refractivity contribution in [3.63, 3.8) is 0 Å². The molecule has 0 saturated carbocycles. The maximum absolute atomic E-state index is 11.2. The van der Waals surface area contributed by atoms with Crippen LogP contribution in [0.3, 0.4) is 0 Å². The van der Waals surface area contributed by atoms with Crippen LogP contribution in [0.2, 0.25) is 5.02 Å². The Morgan fingerprint density at radius 1 is 1.28 bits per heavy atom. The van der Waals surface area contributed by atoms with E-state index in [1.54, 1.807) is 24.3 Å². The van der Waals surface area contributed by atoms with E-state index in [2.05, 4.69) is 9.97 Å². The number of furan rings is 1. The van der Waals surface area contributed by atoms with E-state index < -0.39 is 6.10 Å². The molecule has 2 aromatic heterocycles. The molecular weight excluding hydrogens is 256 g/mol. The van der Waals surface area contributed by atoms with Crippen molar-refractivity contribution in [2.45, 2.75) is 6.10 Å². The van der Waals surface area contributed by atoms with Crippen LogP contribution in [0.25, 0.3) is 11.0 Å². The normalized spacial score (nSPS) is 13.0. The highest BCUT2D eigenvalue weighted by Crippen LogP contribution is 2.30. The quantitative estimate of drug-likeness (QED) is 0.663. The molecule has 5 nitrogen and oxygen atoms in total. The van der Waals surface area contributed by atoms with Gasteiger partial charge in [-0.05, 0) is 24.3 Å². The van der Waals surface area contributed by atoms with Gasteiger partial charge in [0.2, 0.25) is 0 Å². The number of fused-ring (bicyclic) bond motifs is 1. The summed E-state index contributed by atoms with van der Waals surface area (Å²) in [4.78, 5) is 16.4. The summed E-state index contributed by atoms with van der Waals surface area (Å²) in [6.45, 7) is 0. The minimum Gasteiger partial charge on any atom is -0.466 e. The van der Waals surface area contributed by atoms with E-state index in [1.807, 2.05) is 0 Å². The van der Waals surface area contributed by atoms with Crippen molar-refractivity contribution in [3.8, 4) is 0 Å². The first-order valence-electron chi connectivity index (χ1n) is 5.28. The Bertz CT molecular complexity index is 742. The molecule has 0 aliphatic heterocycles. The zero-order valence-electron chi connectivity index (χ0n) is 9.11. The fourth-order valence-corrected chi connectivity index (χ4v) is 2.15. The number of aromatic amines is 2. The largest absolute Gasteiger partial charge is 0.466 e. The summed E-state index contributed by atoms with van der Waals surface area (Å²) >= 11 is 6.09. The number of imidazole rings is 1. The molecule has 92 valence electrons. The van der Waals surface area contributed by atoms with Crippen LogP contribution in [-0.4, -0.2) is 15.1 Å². The second-order valence-corrected chi connectivity index (χ2v) is 4.32. The number of H-pyrrole nitrogens is 2. The minimum absolute atomic E-state index is 0.314. The Labute approximate surface area is 106 Å². The summed E-state index contributed by atoms with van der Waals surface area (Å²) in [5, 5.41) is 10.5. The number of aromatic nitrogens is 2. The first kappa shape index (κ1) is 11.1. The second-order valence-electron chi connectivity index (χ2n) is 3.92. The number of halogens is 1. The fraction of sp³-hybridized carbons (Fsp3) is 0.0833. The van der Waals surface area contributed by atoms with E-state index in [0.29, 0.717) is 27.4 Å². The van der Waals surface area contributed by atoms with Crippen molar-refractivity contribution in [1.82, 2.24) is 9.97 Å². The number of nitrogens with one attached hydrogen (secondary N) is 2. The third kappa shape index (κ3) is 1.73. The van der Waals surface area contributed by atoms with Crippen LogP contribution < -0.4 is 5.69 Å². The maximum Gasteiger partial charge on any atom is 0.323 e. The molecule has 1 aromatic carbocycles. The molecule has 3 N–H and O–H groups in total. The molecule has 1 atom stereocenters. The lowest BCUT2D eigenvalue weighted by atomic mass is 10.1. The van der Waals surface area contributed by atoms with Crippen molar-refractivity contribution >= 4 is 22.6 Å². The van der Waals surface area contributed by atoms with Gasteiger partial charge in [-0.2, -0.15) is 0 Å². The predicted molar refractivity (Wildman–Crippen MR) is 66.7 cm³/mol. The van der Waals surface area contributed by atoms with E-state index in [0.717, 1.165) is 0 Å². The molecule has 0 amide bonds. The number of hydrogen-bond acceptors (Lipinski definition) is 3. The van der Waals surface area contributed by atoms with E-state index in [1.165, 1.54) is 6.26 Å². The first-order chi connectivity index (χ1) is 8.65. The Balaban J connectivity index is 2.16. The van der Waals surface area contributed by atoms with Crippen LogP contribution in [-0.2, 0) is 0 Å². The van der Waals surface area contributed by atoms with Gasteiger partial charge in [-0.1, -0.05) is 11.6 Å².